The molecule has 0 aliphatic heterocycles. The molecule has 3 heteroatoms. The molecule has 0 saturated heterocycles. The third-order valence-corrected chi connectivity index (χ3v) is 1.15. The quantitative estimate of drug-likeness (QED) is 0.544. The summed E-state index contributed by atoms with van der Waals surface area (Å²) in [4.78, 5) is 0. The maximum Gasteiger partial charge on any atom is 0.190 e. The Morgan fingerprint density at radius 1 is 1.09 bits per heavy atom. The molecule has 0 nitrogen and oxygen atoms in total. The Kier molecular flexibility index (Phi) is 3.65. The van der Waals surface area contributed by atoms with Crippen LogP contribution in [0.3, 0.4) is 0 Å². The molecule has 0 aliphatic rings. The molecule has 0 saturated carbocycles. The molecule has 0 radical (unpaired) electrons. The monoisotopic (exact) mass is 162 g/mol. The summed E-state index contributed by atoms with van der Waals surface area (Å²) in [5.41, 5.74) is -0.0144. The predicted octanol–water partition coefficient (Wildman–Crippen LogP) is 3.59. The van der Waals surface area contributed by atoms with Gasteiger partial charge in [0.05, 0.1) is 0 Å². The van der Waals surface area contributed by atoms with E-state index in [-0.39, 0.29) is 5.57 Å². The van der Waals surface area contributed by atoms with E-state index >= 15 is 0 Å². The maximum atomic E-state index is 12.6. The van der Waals surface area contributed by atoms with Crippen LogP contribution in [0.25, 0.3) is 0 Å². The second kappa shape index (κ2) is 4.01. The molecule has 0 N–H and O–H groups in total. The molecule has 0 bridgehead atoms. The number of rotatable bonds is 2. The van der Waals surface area contributed by atoms with E-state index in [1.807, 2.05) is 0 Å². The minimum absolute atomic E-state index is 0.0144. The molecule has 0 fully saturated rings. The fourth-order valence-electron chi connectivity index (χ4n) is 0.414. The van der Waals surface area contributed by atoms with E-state index < -0.39 is 17.5 Å². The standard InChI is InChI=1S/C8H9F3/c1-4-5(2)7(10)8(11)6(3)9/h4H,1H2,2-3H3/b7-5-,8-6-. The third kappa shape index (κ3) is 2.62. The first kappa shape index (κ1) is 10.0. The third-order valence-electron chi connectivity index (χ3n) is 1.15. The Bertz CT molecular complexity index is 219. The first-order valence-electron chi connectivity index (χ1n) is 3.01. The summed E-state index contributed by atoms with van der Waals surface area (Å²) in [6, 6.07) is 0. The van der Waals surface area contributed by atoms with Crippen LogP contribution in [0.4, 0.5) is 13.2 Å². The molecule has 0 amide bonds. The second-order valence-electron chi connectivity index (χ2n) is 2.05. The van der Waals surface area contributed by atoms with E-state index in [4.69, 9.17) is 0 Å². The van der Waals surface area contributed by atoms with E-state index in [1.165, 1.54) is 6.92 Å². The molecule has 0 aromatic carbocycles. The van der Waals surface area contributed by atoms with Gasteiger partial charge in [0, 0.05) is 0 Å². The SMILES string of the molecule is C=C/C(C)=C(F)/C(F)=C(\C)F. The van der Waals surface area contributed by atoms with Crippen LogP contribution in [0, 0.1) is 0 Å². The van der Waals surface area contributed by atoms with Crippen LogP contribution in [0.5, 0.6) is 0 Å². The van der Waals surface area contributed by atoms with Gasteiger partial charge in [-0.15, -0.1) is 0 Å². The number of hydrogen-bond acceptors (Lipinski definition) is 0. The first-order valence-corrected chi connectivity index (χ1v) is 3.01. The Morgan fingerprint density at radius 3 is 1.82 bits per heavy atom. The summed E-state index contributed by atoms with van der Waals surface area (Å²) >= 11 is 0. The summed E-state index contributed by atoms with van der Waals surface area (Å²) in [5, 5.41) is 0. The van der Waals surface area contributed by atoms with Gasteiger partial charge in [0.25, 0.3) is 0 Å². The second-order valence-corrected chi connectivity index (χ2v) is 2.05. The highest BCUT2D eigenvalue weighted by atomic mass is 19.2. The maximum absolute atomic E-state index is 12.6. The highest BCUT2D eigenvalue weighted by molar-refractivity contribution is 5.30. The van der Waals surface area contributed by atoms with Crippen LogP contribution in [-0.2, 0) is 0 Å². The molecular weight excluding hydrogens is 153 g/mol. The molecule has 0 spiro atoms. The molecule has 0 aromatic heterocycles. The van der Waals surface area contributed by atoms with Gasteiger partial charge < -0.3 is 0 Å². The van der Waals surface area contributed by atoms with Gasteiger partial charge in [0.2, 0.25) is 0 Å². The summed E-state index contributed by atoms with van der Waals surface area (Å²) < 4.78 is 37.0. The van der Waals surface area contributed by atoms with Gasteiger partial charge in [0.1, 0.15) is 5.83 Å². The van der Waals surface area contributed by atoms with Crippen molar-refractivity contribution in [2.45, 2.75) is 13.8 Å². The molecule has 0 unspecified atom stereocenters. The number of halogens is 3. The zero-order valence-electron chi connectivity index (χ0n) is 6.42. The highest BCUT2D eigenvalue weighted by Crippen LogP contribution is 2.21. The lowest BCUT2D eigenvalue weighted by atomic mass is 10.2. The zero-order chi connectivity index (χ0) is 9.02. The van der Waals surface area contributed by atoms with E-state index in [2.05, 4.69) is 6.58 Å². The Labute approximate surface area is 63.7 Å². The van der Waals surface area contributed by atoms with Gasteiger partial charge in [-0.05, 0) is 19.4 Å². The Morgan fingerprint density at radius 2 is 1.55 bits per heavy atom. The fraction of sp³-hybridized carbons (Fsp3) is 0.250. The van der Waals surface area contributed by atoms with E-state index in [0.29, 0.717) is 0 Å². The van der Waals surface area contributed by atoms with Crippen LogP contribution in [0.15, 0.2) is 35.7 Å². The molecular formula is C8H9F3. The van der Waals surface area contributed by atoms with Crippen LogP contribution in [-0.4, -0.2) is 0 Å². The predicted molar refractivity (Wildman–Crippen MR) is 38.9 cm³/mol. The van der Waals surface area contributed by atoms with Crippen molar-refractivity contribution in [1.29, 1.82) is 0 Å². The molecule has 0 heterocycles. The summed E-state index contributed by atoms with van der Waals surface area (Å²) in [7, 11) is 0. The minimum Gasteiger partial charge on any atom is -0.209 e. The van der Waals surface area contributed by atoms with Crippen molar-refractivity contribution in [3.05, 3.63) is 35.7 Å². The van der Waals surface area contributed by atoms with Crippen molar-refractivity contribution in [2.24, 2.45) is 0 Å². The van der Waals surface area contributed by atoms with Crippen LogP contribution in [0.1, 0.15) is 13.8 Å². The van der Waals surface area contributed by atoms with E-state index in [0.717, 1.165) is 13.0 Å². The molecule has 11 heavy (non-hydrogen) atoms. The first-order chi connectivity index (χ1) is 5.00. The smallest absolute Gasteiger partial charge is 0.190 e. The van der Waals surface area contributed by atoms with Gasteiger partial charge in [-0.2, -0.15) is 0 Å². The number of allylic oxidation sites excluding steroid dienone is 5. The normalized spacial score (nSPS) is 15.4. The van der Waals surface area contributed by atoms with E-state index in [9.17, 15) is 13.2 Å². The molecule has 0 rings (SSSR count). The van der Waals surface area contributed by atoms with Crippen molar-refractivity contribution >= 4 is 0 Å². The van der Waals surface area contributed by atoms with Gasteiger partial charge in [0.15, 0.2) is 11.7 Å². The summed E-state index contributed by atoms with van der Waals surface area (Å²) in [5.74, 6) is -3.81. The average Bonchev–Trinajstić information content (AvgIpc) is 2.00. The summed E-state index contributed by atoms with van der Waals surface area (Å²) in [6.45, 7) is 5.38. The fourth-order valence-corrected chi connectivity index (χ4v) is 0.414. The molecule has 0 aromatic rings. The van der Waals surface area contributed by atoms with Crippen molar-refractivity contribution in [1.82, 2.24) is 0 Å². The molecule has 62 valence electrons. The van der Waals surface area contributed by atoms with Crippen molar-refractivity contribution in [3.8, 4) is 0 Å². The lowest BCUT2D eigenvalue weighted by Crippen LogP contribution is -1.82. The molecule has 0 atom stereocenters. The van der Waals surface area contributed by atoms with Crippen molar-refractivity contribution < 1.29 is 13.2 Å². The Hall–Kier alpha value is -0.990. The van der Waals surface area contributed by atoms with Crippen LogP contribution >= 0.6 is 0 Å². The number of hydrogen-bond donors (Lipinski definition) is 0. The lowest BCUT2D eigenvalue weighted by Gasteiger charge is -1.95. The zero-order valence-corrected chi connectivity index (χ0v) is 6.42. The van der Waals surface area contributed by atoms with Gasteiger partial charge in [-0.1, -0.05) is 12.7 Å². The Balaban J connectivity index is 4.90. The van der Waals surface area contributed by atoms with E-state index in [1.54, 1.807) is 0 Å². The largest absolute Gasteiger partial charge is 0.209 e. The molecule has 0 aliphatic carbocycles. The van der Waals surface area contributed by atoms with Crippen molar-refractivity contribution in [2.75, 3.05) is 0 Å². The minimum atomic E-state index is -1.46. The average molecular weight is 162 g/mol. The topological polar surface area (TPSA) is 0 Å². The van der Waals surface area contributed by atoms with Gasteiger partial charge >= 0.3 is 0 Å². The highest BCUT2D eigenvalue weighted by Gasteiger charge is 2.09. The summed E-state index contributed by atoms with van der Waals surface area (Å²) in [6.07, 6.45) is 1.12. The van der Waals surface area contributed by atoms with Gasteiger partial charge in [-0.25, -0.2) is 13.2 Å². The van der Waals surface area contributed by atoms with Crippen LogP contribution < -0.4 is 0 Å². The van der Waals surface area contributed by atoms with Crippen LogP contribution in [0.2, 0.25) is 0 Å². The lowest BCUT2D eigenvalue weighted by molar-refractivity contribution is 0.491. The van der Waals surface area contributed by atoms with Crippen molar-refractivity contribution in [3.63, 3.8) is 0 Å². The van der Waals surface area contributed by atoms with Gasteiger partial charge in [-0.3, -0.25) is 0 Å².